The van der Waals surface area contributed by atoms with Crippen molar-refractivity contribution in [2.45, 2.75) is 47.6 Å². The normalized spacial score (nSPS) is 21.9. The van der Waals surface area contributed by atoms with Crippen molar-refractivity contribution in [3.63, 3.8) is 0 Å². The fourth-order valence-corrected chi connectivity index (χ4v) is 0.993. The first-order valence-corrected chi connectivity index (χ1v) is 5.82. The molecular formula is C12H29NO. The van der Waals surface area contributed by atoms with Gasteiger partial charge in [0.2, 0.25) is 0 Å². The number of nitrogens with zero attached hydrogens (tertiary/aromatic N) is 1. The van der Waals surface area contributed by atoms with Gasteiger partial charge in [-0.15, -0.1) is 0 Å². The van der Waals surface area contributed by atoms with Gasteiger partial charge in [0.15, 0.2) is 0 Å². The molecule has 14 heavy (non-hydrogen) atoms. The van der Waals surface area contributed by atoms with Gasteiger partial charge < -0.3 is 9.64 Å². The summed E-state index contributed by atoms with van der Waals surface area (Å²) in [7, 11) is 2.12. The molecule has 1 rings (SSSR count). The minimum atomic E-state index is 0.439. The van der Waals surface area contributed by atoms with Gasteiger partial charge in [-0.1, -0.05) is 34.6 Å². The lowest BCUT2D eigenvalue weighted by Crippen LogP contribution is -2.38. The smallest absolute Gasteiger partial charge is 0.0674 e. The molecule has 2 heteroatoms. The third-order valence-corrected chi connectivity index (χ3v) is 1.44. The first-order valence-electron chi connectivity index (χ1n) is 5.82. The van der Waals surface area contributed by atoms with E-state index in [2.05, 4.69) is 39.6 Å². The van der Waals surface area contributed by atoms with Crippen LogP contribution in [0, 0.1) is 5.92 Å². The van der Waals surface area contributed by atoms with Gasteiger partial charge in [-0.25, -0.2) is 0 Å². The Balaban J connectivity index is 0. The summed E-state index contributed by atoms with van der Waals surface area (Å²) in [6.45, 7) is 15.7. The number of hydrogen-bond acceptors (Lipinski definition) is 2. The van der Waals surface area contributed by atoms with Crippen LogP contribution in [0.1, 0.15) is 41.5 Å². The number of ether oxygens (including phenoxy) is 1. The zero-order valence-corrected chi connectivity index (χ0v) is 11.1. The van der Waals surface area contributed by atoms with Gasteiger partial charge in [0.05, 0.1) is 12.7 Å². The van der Waals surface area contributed by atoms with Crippen molar-refractivity contribution in [3.8, 4) is 0 Å². The molecule has 0 amide bonds. The van der Waals surface area contributed by atoms with Gasteiger partial charge in [-0.05, 0) is 19.9 Å². The van der Waals surface area contributed by atoms with Crippen molar-refractivity contribution in [2.24, 2.45) is 5.92 Å². The van der Waals surface area contributed by atoms with Gasteiger partial charge in [0, 0.05) is 13.1 Å². The quantitative estimate of drug-likeness (QED) is 0.600. The van der Waals surface area contributed by atoms with E-state index in [0.717, 1.165) is 25.6 Å². The maximum absolute atomic E-state index is 5.31. The Morgan fingerprint density at radius 3 is 1.86 bits per heavy atom. The monoisotopic (exact) mass is 203 g/mol. The highest BCUT2D eigenvalue weighted by Crippen LogP contribution is 1.99. The lowest BCUT2D eigenvalue weighted by molar-refractivity contribution is -0.00861. The van der Waals surface area contributed by atoms with Crippen molar-refractivity contribution < 1.29 is 4.74 Å². The molecule has 1 aliphatic rings. The van der Waals surface area contributed by atoms with E-state index in [4.69, 9.17) is 4.74 Å². The minimum Gasteiger partial charge on any atom is -0.376 e. The number of rotatable bonds is 0. The van der Waals surface area contributed by atoms with Crippen molar-refractivity contribution in [2.75, 3.05) is 26.7 Å². The Kier molecular flexibility index (Phi) is 12.8. The van der Waals surface area contributed by atoms with Crippen LogP contribution in [0.4, 0.5) is 0 Å². The van der Waals surface area contributed by atoms with E-state index in [1.54, 1.807) is 0 Å². The molecule has 1 atom stereocenters. The molecule has 88 valence electrons. The Hall–Kier alpha value is -0.0800. The number of likely N-dealkylation sites (N-methyl/N-ethyl adjacent to an activating group) is 1. The zero-order valence-electron chi connectivity index (χ0n) is 11.1. The molecule has 0 aromatic heterocycles. The standard InChI is InChI=1S/C6H13NO.C4H10.C2H6/c1-6-5-7(2)3-4-8-6;1-4(2)3;1-2/h6H,3-5H2,1-2H3;4H,1-3H3;1-2H3. The summed E-state index contributed by atoms with van der Waals surface area (Å²) >= 11 is 0. The summed E-state index contributed by atoms with van der Waals surface area (Å²) in [4.78, 5) is 2.29. The number of morpholine rings is 1. The summed E-state index contributed by atoms with van der Waals surface area (Å²) < 4.78 is 5.31. The van der Waals surface area contributed by atoms with Crippen LogP contribution < -0.4 is 0 Å². The van der Waals surface area contributed by atoms with E-state index in [0.29, 0.717) is 6.10 Å². The van der Waals surface area contributed by atoms with Gasteiger partial charge in [0.1, 0.15) is 0 Å². The molecule has 1 fully saturated rings. The van der Waals surface area contributed by atoms with Crippen molar-refractivity contribution in [1.29, 1.82) is 0 Å². The summed E-state index contributed by atoms with van der Waals surface area (Å²) in [6, 6.07) is 0. The second-order valence-corrected chi connectivity index (χ2v) is 4.18. The van der Waals surface area contributed by atoms with E-state index in [1.165, 1.54) is 0 Å². The van der Waals surface area contributed by atoms with Gasteiger partial charge >= 0.3 is 0 Å². The maximum Gasteiger partial charge on any atom is 0.0674 e. The van der Waals surface area contributed by atoms with Gasteiger partial charge in [-0.3, -0.25) is 0 Å². The molecule has 0 saturated carbocycles. The molecule has 0 N–H and O–H groups in total. The predicted molar refractivity (Wildman–Crippen MR) is 64.8 cm³/mol. The van der Waals surface area contributed by atoms with Crippen molar-refractivity contribution in [3.05, 3.63) is 0 Å². The van der Waals surface area contributed by atoms with E-state index in [-0.39, 0.29) is 0 Å². The molecule has 1 saturated heterocycles. The average Bonchev–Trinajstić information content (AvgIpc) is 2.06. The fourth-order valence-electron chi connectivity index (χ4n) is 0.993. The summed E-state index contributed by atoms with van der Waals surface area (Å²) in [6.07, 6.45) is 0.439. The molecule has 0 bridgehead atoms. The third kappa shape index (κ3) is 14.4. The Morgan fingerprint density at radius 1 is 1.21 bits per heavy atom. The van der Waals surface area contributed by atoms with Crippen LogP contribution in [-0.2, 0) is 4.74 Å². The van der Waals surface area contributed by atoms with Crippen molar-refractivity contribution >= 4 is 0 Å². The van der Waals surface area contributed by atoms with Gasteiger partial charge in [0.25, 0.3) is 0 Å². The highest BCUT2D eigenvalue weighted by atomic mass is 16.5. The summed E-state index contributed by atoms with van der Waals surface area (Å²) in [5.74, 6) is 0.833. The summed E-state index contributed by atoms with van der Waals surface area (Å²) in [5, 5.41) is 0. The molecule has 2 nitrogen and oxygen atoms in total. The largest absolute Gasteiger partial charge is 0.376 e. The van der Waals surface area contributed by atoms with Crippen LogP contribution in [0.25, 0.3) is 0 Å². The van der Waals surface area contributed by atoms with E-state index >= 15 is 0 Å². The van der Waals surface area contributed by atoms with Crippen LogP contribution in [0.3, 0.4) is 0 Å². The van der Waals surface area contributed by atoms with Crippen LogP contribution >= 0.6 is 0 Å². The average molecular weight is 203 g/mol. The Morgan fingerprint density at radius 2 is 1.64 bits per heavy atom. The predicted octanol–water partition coefficient (Wildman–Crippen LogP) is 3.03. The second-order valence-electron chi connectivity index (χ2n) is 4.18. The molecule has 1 aliphatic heterocycles. The van der Waals surface area contributed by atoms with Crippen LogP contribution in [0.15, 0.2) is 0 Å². The first-order chi connectivity index (χ1) is 6.52. The van der Waals surface area contributed by atoms with Crippen LogP contribution in [0.5, 0.6) is 0 Å². The second kappa shape index (κ2) is 11.0. The molecule has 0 spiro atoms. The van der Waals surface area contributed by atoms with Crippen LogP contribution in [0.2, 0.25) is 0 Å². The fraction of sp³-hybridized carbons (Fsp3) is 1.00. The van der Waals surface area contributed by atoms with Gasteiger partial charge in [-0.2, -0.15) is 0 Å². The van der Waals surface area contributed by atoms with E-state index in [9.17, 15) is 0 Å². The lowest BCUT2D eigenvalue weighted by Gasteiger charge is -2.27. The first kappa shape index (κ1) is 16.4. The highest BCUT2D eigenvalue weighted by Gasteiger charge is 2.11. The highest BCUT2D eigenvalue weighted by molar-refractivity contribution is 4.62. The zero-order chi connectivity index (χ0) is 11.6. The maximum atomic E-state index is 5.31. The Bertz CT molecular complexity index is 93.7. The molecule has 0 aromatic rings. The lowest BCUT2D eigenvalue weighted by atomic mass is 10.3. The SMILES string of the molecule is CC.CC(C)C.CC1CN(C)CCO1. The van der Waals surface area contributed by atoms with Crippen molar-refractivity contribution in [1.82, 2.24) is 4.90 Å². The molecule has 1 unspecified atom stereocenters. The van der Waals surface area contributed by atoms with E-state index in [1.807, 2.05) is 13.8 Å². The molecule has 1 heterocycles. The number of hydrogen-bond donors (Lipinski definition) is 0. The summed E-state index contributed by atoms with van der Waals surface area (Å²) in [5.41, 5.74) is 0. The van der Waals surface area contributed by atoms with E-state index < -0.39 is 0 Å². The molecule has 0 aliphatic carbocycles. The molecule has 0 aromatic carbocycles. The minimum absolute atomic E-state index is 0.439. The topological polar surface area (TPSA) is 12.5 Å². The molecular weight excluding hydrogens is 174 g/mol. The molecule has 0 radical (unpaired) electrons. The third-order valence-electron chi connectivity index (χ3n) is 1.44. The van der Waals surface area contributed by atoms with Crippen LogP contribution in [-0.4, -0.2) is 37.7 Å². The Labute approximate surface area is 90.6 Å².